The molecule has 1 atom stereocenters. The lowest BCUT2D eigenvalue weighted by Gasteiger charge is -2.13. The van der Waals surface area contributed by atoms with E-state index in [0.29, 0.717) is 5.15 Å². The number of fused-ring (bicyclic) bond motifs is 1. The lowest BCUT2D eigenvalue weighted by molar-refractivity contribution is 0.757. The zero-order chi connectivity index (χ0) is 11.8. The highest BCUT2D eigenvalue weighted by Crippen LogP contribution is 2.28. The second-order valence-corrected chi connectivity index (χ2v) is 4.73. The van der Waals surface area contributed by atoms with Gasteiger partial charge in [0.15, 0.2) is 5.65 Å². The molecule has 0 aliphatic heterocycles. The molecule has 0 saturated carbocycles. The summed E-state index contributed by atoms with van der Waals surface area (Å²) in [4.78, 5) is 4.31. The summed E-state index contributed by atoms with van der Waals surface area (Å²) < 4.78 is 1.77. The van der Waals surface area contributed by atoms with Crippen LogP contribution < -0.4 is 0 Å². The van der Waals surface area contributed by atoms with Crippen molar-refractivity contribution >= 4 is 28.8 Å². The molecule has 0 bridgehead atoms. The number of hydrogen-bond donors (Lipinski definition) is 0. The molecule has 0 spiro atoms. The van der Waals surface area contributed by atoms with Crippen LogP contribution >= 0.6 is 23.2 Å². The molecule has 1 unspecified atom stereocenters. The molecule has 5 heteroatoms. The highest BCUT2D eigenvalue weighted by atomic mass is 35.5. The molecule has 1 aliphatic rings. The van der Waals surface area contributed by atoms with Crippen molar-refractivity contribution in [3.63, 3.8) is 0 Å². The Hall–Kier alpha value is -1.32. The first-order valence-electron chi connectivity index (χ1n) is 5.28. The molecule has 0 N–H and O–H groups in total. The van der Waals surface area contributed by atoms with Gasteiger partial charge in [-0.15, -0.1) is 0 Å². The Morgan fingerprint density at radius 3 is 3.00 bits per heavy atom. The Morgan fingerprint density at radius 2 is 2.18 bits per heavy atom. The summed E-state index contributed by atoms with van der Waals surface area (Å²) in [5.74, 6) is 0.202. The molecule has 86 valence electrons. The minimum Gasteiger partial charge on any atom is -0.235 e. The van der Waals surface area contributed by atoms with Crippen molar-refractivity contribution in [3.05, 3.63) is 52.4 Å². The van der Waals surface area contributed by atoms with E-state index in [1.54, 1.807) is 10.6 Å². The first-order valence-corrected chi connectivity index (χ1v) is 6.04. The van der Waals surface area contributed by atoms with Gasteiger partial charge >= 0.3 is 0 Å². The van der Waals surface area contributed by atoms with Crippen LogP contribution in [0.1, 0.15) is 18.0 Å². The number of imidazole rings is 1. The molecule has 0 aromatic carbocycles. The van der Waals surface area contributed by atoms with Crippen molar-refractivity contribution in [1.82, 2.24) is 14.6 Å². The molecular formula is C12H9Cl2N3. The molecule has 17 heavy (non-hydrogen) atoms. The maximum Gasteiger partial charge on any atom is 0.153 e. The zero-order valence-electron chi connectivity index (χ0n) is 8.85. The van der Waals surface area contributed by atoms with Gasteiger partial charge in [-0.3, -0.25) is 0 Å². The van der Waals surface area contributed by atoms with Crippen molar-refractivity contribution in [3.8, 4) is 0 Å². The Balaban J connectivity index is 2.12. The van der Waals surface area contributed by atoms with Gasteiger partial charge in [0, 0.05) is 11.0 Å². The fourth-order valence-electron chi connectivity index (χ4n) is 1.97. The van der Waals surface area contributed by atoms with Gasteiger partial charge in [0.2, 0.25) is 0 Å². The number of aromatic nitrogens is 3. The minimum absolute atomic E-state index is 0.202. The molecule has 2 aromatic rings. The normalized spacial score (nSPS) is 19.6. The quantitative estimate of drug-likeness (QED) is 0.790. The Kier molecular flexibility index (Phi) is 2.65. The minimum atomic E-state index is 0.202. The van der Waals surface area contributed by atoms with Gasteiger partial charge in [-0.2, -0.15) is 5.10 Å². The zero-order valence-corrected chi connectivity index (χ0v) is 10.4. The van der Waals surface area contributed by atoms with Crippen LogP contribution in [0.4, 0.5) is 0 Å². The van der Waals surface area contributed by atoms with E-state index in [-0.39, 0.29) is 5.92 Å². The summed E-state index contributed by atoms with van der Waals surface area (Å²) in [6.45, 7) is 0. The van der Waals surface area contributed by atoms with Crippen LogP contribution in [0.15, 0.2) is 41.6 Å². The topological polar surface area (TPSA) is 30.2 Å². The predicted molar refractivity (Wildman–Crippen MR) is 68.4 cm³/mol. The van der Waals surface area contributed by atoms with Crippen molar-refractivity contribution in [2.75, 3.05) is 0 Å². The van der Waals surface area contributed by atoms with Crippen LogP contribution in [0.5, 0.6) is 0 Å². The van der Waals surface area contributed by atoms with E-state index in [1.807, 2.05) is 24.4 Å². The second kappa shape index (κ2) is 4.17. The largest absolute Gasteiger partial charge is 0.235 e. The summed E-state index contributed by atoms with van der Waals surface area (Å²) in [5, 5.41) is 5.46. The summed E-state index contributed by atoms with van der Waals surface area (Å²) in [7, 11) is 0. The van der Waals surface area contributed by atoms with Crippen LogP contribution in [0.2, 0.25) is 5.15 Å². The monoisotopic (exact) mass is 265 g/mol. The van der Waals surface area contributed by atoms with Gasteiger partial charge in [-0.25, -0.2) is 9.50 Å². The summed E-state index contributed by atoms with van der Waals surface area (Å²) in [6, 6.07) is 3.58. The molecule has 1 aliphatic carbocycles. The van der Waals surface area contributed by atoms with E-state index in [0.717, 1.165) is 22.8 Å². The number of halogens is 2. The Bertz CT molecular complexity index is 628. The molecular weight excluding hydrogens is 257 g/mol. The Morgan fingerprint density at radius 1 is 1.29 bits per heavy atom. The van der Waals surface area contributed by atoms with Gasteiger partial charge in [-0.05, 0) is 24.6 Å². The SMILES string of the molecule is ClC1=CC(c2cnc3ccc(Cl)nn23)CC=C1. The average Bonchev–Trinajstić information content (AvgIpc) is 2.71. The molecule has 3 rings (SSSR count). The first kappa shape index (κ1) is 10.8. The second-order valence-electron chi connectivity index (χ2n) is 3.91. The Labute approximate surface area is 108 Å². The lowest BCUT2D eigenvalue weighted by Crippen LogP contribution is -2.04. The highest BCUT2D eigenvalue weighted by Gasteiger charge is 2.16. The molecule has 0 saturated heterocycles. The van der Waals surface area contributed by atoms with Crippen molar-refractivity contribution < 1.29 is 0 Å². The van der Waals surface area contributed by atoms with Crippen LogP contribution in [0, 0.1) is 0 Å². The number of nitrogens with zero attached hydrogens (tertiary/aromatic N) is 3. The average molecular weight is 266 g/mol. The third-order valence-corrected chi connectivity index (χ3v) is 3.22. The smallest absolute Gasteiger partial charge is 0.153 e. The predicted octanol–water partition coefficient (Wildman–Crippen LogP) is 3.55. The summed E-state index contributed by atoms with van der Waals surface area (Å²) >= 11 is 11.9. The molecule has 3 nitrogen and oxygen atoms in total. The number of allylic oxidation sites excluding steroid dienone is 4. The van der Waals surface area contributed by atoms with Crippen molar-refractivity contribution in [2.24, 2.45) is 0 Å². The van der Waals surface area contributed by atoms with E-state index in [4.69, 9.17) is 23.2 Å². The van der Waals surface area contributed by atoms with E-state index in [2.05, 4.69) is 16.2 Å². The highest BCUT2D eigenvalue weighted by molar-refractivity contribution is 6.31. The number of rotatable bonds is 1. The molecule has 0 amide bonds. The van der Waals surface area contributed by atoms with Crippen LogP contribution in [0.3, 0.4) is 0 Å². The summed E-state index contributed by atoms with van der Waals surface area (Å²) in [6.07, 6.45) is 8.69. The fourth-order valence-corrected chi connectivity index (χ4v) is 2.35. The third-order valence-electron chi connectivity index (χ3n) is 2.76. The fraction of sp³-hybridized carbons (Fsp3) is 0.167. The van der Waals surface area contributed by atoms with Crippen LogP contribution in [0.25, 0.3) is 5.65 Å². The van der Waals surface area contributed by atoms with Crippen LogP contribution in [-0.4, -0.2) is 14.6 Å². The van der Waals surface area contributed by atoms with E-state index < -0.39 is 0 Å². The van der Waals surface area contributed by atoms with Crippen molar-refractivity contribution in [2.45, 2.75) is 12.3 Å². The maximum absolute atomic E-state index is 6.01. The van der Waals surface area contributed by atoms with E-state index >= 15 is 0 Å². The number of hydrogen-bond acceptors (Lipinski definition) is 2. The van der Waals surface area contributed by atoms with E-state index in [9.17, 15) is 0 Å². The van der Waals surface area contributed by atoms with Gasteiger partial charge < -0.3 is 0 Å². The van der Waals surface area contributed by atoms with Gasteiger partial charge in [0.05, 0.1) is 11.9 Å². The van der Waals surface area contributed by atoms with Gasteiger partial charge in [-0.1, -0.05) is 35.4 Å². The molecule has 0 radical (unpaired) electrons. The summed E-state index contributed by atoms with van der Waals surface area (Å²) in [5.41, 5.74) is 1.80. The van der Waals surface area contributed by atoms with Crippen molar-refractivity contribution in [1.29, 1.82) is 0 Å². The van der Waals surface area contributed by atoms with Crippen LogP contribution in [-0.2, 0) is 0 Å². The van der Waals surface area contributed by atoms with E-state index in [1.165, 1.54) is 0 Å². The molecule has 0 fully saturated rings. The van der Waals surface area contributed by atoms with Gasteiger partial charge in [0.1, 0.15) is 5.15 Å². The third kappa shape index (κ3) is 1.96. The molecule has 2 aromatic heterocycles. The standard InChI is InChI=1S/C12H9Cl2N3/c13-9-3-1-2-8(6-9)10-7-15-12-5-4-11(14)16-17(10)12/h1,3-8H,2H2. The maximum atomic E-state index is 6.01. The first-order chi connectivity index (χ1) is 8.24. The lowest BCUT2D eigenvalue weighted by atomic mass is 9.98. The molecule has 2 heterocycles. The van der Waals surface area contributed by atoms with Gasteiger partial charge in [0.25, 0.3) is 0 Å².